The molecule has 0 unspecified atom stereocenters. The van der Waals surface area contributed by atoms with Gasteiger partial charge in [0.15, 0.2) is 0 Å². The number of carbonyl (C=O) groups excluding carboxylic acids is 1. The van der Waals surface area contributed by atoms with Crippen molar-refractivity contribution in [1.29, 1.82) is 5.26 Å². The van der Waals surface area contributed by atoms with Crippen molar-refractivity contribution in [3.8, 4) is 11.8 Å². The van der Waals surface area contributed by atoms with E-state index in [9.17, 15) is 10.1 Å². The van der Waals surface area contributed by atoms with Gasteiger partial charge in [0.1, 0.15) is 17.4 Å². The van der Waals surface area contributed by atoms with E-state index < -0.39 is 5.91 Å². The van der Waals surface area contributed by atoms with Crippen LogP contribution in [0.3, 0.4) is 0 Å². The molecule has 1 amide bonds. The summed E-state index contributed by atoms with van der Waals surface area (Å²) in [6.07, 6.45) is 3.18. The Hall–Kier alpha value is -2.77. The first-order valence-corrected chi connectivity index (χ1v) is 8.88. The Morgan fingerprint density at radius 2 is 2.04 bits per heavy atom. The standard InChI is InChI=1S/C21H21ClN2O2/c1-2-26-20-11-10-19(22)14-17(20)13-18(15-23)21(25)24-12-6-9-16-7-4-3-5-8-16/h3-5,7-8,10-11,13-14H,2,6,9,12H2,1H3,(H,24,25)/b18-13+. The van der Waals surface area contributed by atoms with Crippen molar-refractivity contribution in [2.24, 2.45) is 0 Å². The van der Waals surface area contributed by atoms with E-state index in [0.717, 1.165) is 12.8 Å². The van der Waals surface area contributed by atoms with Gasteiger partial charge in [-0.3, -0.25) is 4.79 Å². The van der Waals surface area contributed by atoms with E-state index in [4.69, 9.17) is 16.3 Å². The number of nitriles is 1. The van der Waals surface area contributed by atoms with E-state index in [0.29, 0.717) is 29.5 Å². The largest absolute Gasteiger partial charge is 0.493 e. The minimum absolute atomic E-state index is 0.0212. The Labute approximate surface area is 159 Å². The molecular weight excluding hydrogens is 348 g/mol. The third-order valence-electron chi connectivity index (χ3n) is 3.71. The quantitative estimate of drug-likeness (QED) is 0.427. The third kappa shape index (κ3) is 5.94. The SMILES string of the molecule is CCOc1ccc(Cl)cc1/C=C(\C#N)C(=O)NCCCc1ccccc1. The van der Waals surface area contributed by atoms with Gasteiger partial charge in [-0.15, -0.1) is 0 Å². The number of rotatable bonds is 8. The lowest BCUT2D eigenvalue weighted by Crippen LogP contribution is -2.25. The first-order valence-electron chi connectivity index (χ1n) is 8.50. The van der Waals surface area contributed by atoms with Gasteiger partial charge in [0.05, 0.1) is 6.61 Å². The van der Waals surface area contributed by atoms with Crippen molar-refractivity contribution in [2.45, 2.75) is 19.8 Å². The molecule has 0 aromatic heterocycles. The predicted molar refractivity (Wildman–Crippen MR) is 104 cm³/mol. The number of nitrogens with zero attached hydrogens (tertiary/aromatic N) is 1. The molecule has 0 fully saturated rings. The Morgan fingerprint density at radius 1 is 1.27 bits per heavy atom. The van der Waals surface area contributed by atoms with E-state index in [-0.39, 0.29) is 5.57 Å². The second-order valence-electron chi connectivity index (χ2n) is 5.63. The zero-order valence-electron chi connectivity index (χ0n) is 14.7. The molecule has 0 aliphatic heterocycles. The molecule has 0 radical (unpaired) electrons. The van der Waals surface area contributed by atoms with E-state index in [2.05, 4.69) is 17.4 Å². The van der Waals surface area contributed by atoms with Crippen LogP contribution in [-0.4, -0.2) is 19.1 Å². The molecule has 0 atom stereocenters. The lowest BCUT2D eigenvalue weighted by atomic mass is 10.1. The number of nitrogens with one attached hydrogen (secondary N) is 1. The summed E-state index contributed by atoms with van der Waals surface area (Å²) in [6.45, 7) is 2.85. The van der Waals surface area contributed by atoms with Gasteiger partial charge in [0.25, 0.3) is 5.91 Å². The van der Waals surface area contributed by atoms with Crippen LogP contribution in [0.15, 0.2) is 54.1 Å². The van der Waals surface area contributed by atoms with E-state index >= 15 is 0 Å². The Morgan fingerprint density at radius 3 is 2.73 bits per heavy atom. The second-order valence-corrected chi connectivity index (χ2v) is 6.07. The highest BCUT2D eigenvalue weighted by Crippen LogP contribution is 2.25. The number of carbonyl (C=O) groups is 1. The van der Waals surface area contributed by atoms with Gasteiger partial charge in [-0.2, -0.15) is 5.26 Å². The summed E-state index contributed by atoms with van der Waals surface area (Å²) < 4.78 is 5.52. The number of ether oxygens (including phenoxy) is 1. The van der Waals surface area contributed by atoms with Crippen LogP contribution in [0.4, 0.5) is 0 Å². The third-order valence-corrected chi connectivity index (χ3v) is 3.94. The molecule has 0 aliphatic rings. The number of benzene rings is 2. The van der Waals surface area contributed by atoms with Crippen LogP contribution < -0.4 is 10.1 Å². The maximum atomic E-state index is 12.3. The average Bonchev–Trinajstić information content (AvgIpc) is 2.66. The maximum Gasteiger partial charge on any atom is 0.261 e. The van der Waals surface area contributed by atoms with Crippen LogP contribution >= 0.6 is 11.6 Å². The Kier molecular flexibility index (Phi) is 7.73. The van der Waals surface area contributed by atoms with Crippen LogP contribution in [0.2, 0.25) is 5.02 Å². The molecule has 1 N–H and O–H groups in total. The van der Waals surface area contributed by atoms with Crippen molar-refractivity contribution in [3.05, 3.63) is 70.3 Å². The van der Waals surface area contributed by atoms with Crippen LogP contribution in [0.1, 0.15) is 24.5 Å². The lowest BCUT2D eigenvalue weighted by molar-refractivity contribution is -0.117. The highest BCUT2D eigenvalue weighted by molar-refractivity contribution is 6.30. The molecule has 4 nitrogen and oxygen atoms in total. The number of hydrogen-bond acceptors (Lipinski definition) is 3. The molecule has 0 aliphatic carbocycles. The summed E-state index contributed by atoms with van der Waals surface area (Å²) in [5, 5.41) is 12.6. The minimum Gasteiger partial charge on any atom is -0.493 e. The maximum absolute atomic E-state index is 12.3. The summed E-state index contributed by atoms with van der Waals surface area (Å²) in [6, 6.07) is 17.1. The molecule has 0 spiro atoms. The fraction of sp³-hybridized carbons (Fsp3) is 0.238. The molecule has 5 heteroatoms. The van der Waals surface area contributed by atoms with Crippen molar-refractivity contribution in [3.63, 3.8) is 0 Å². The Bertz CT molecular complexity index is 811. The summed E-state index contributed by atoms with van der Waals surface area (Å²) in [5.41, 5.74) is 1.85. The zero-order chi connectivity index (χ0) is 18.8. The summed E-state index contributed by atoms with van der Waals surface area (Å²) in [5.74, 6) is 0.185. The summed E-state index contributed by atoms with van der Waals surface area (Å²) >= 11 is 6.02. The predicted octanol–water partition coefficient (Wildman–Crippen LogP) is 4.39. The first-order chi connectivity index (χ1) is 12.6. The zero-order valence-corrected chi connectivity index (χ0v) is 15.4. The van der Waals surface area contributed by atoms with Gasteiger partial charge in [0, 0.05) is 17.1 Å². The van der Waals surface area contributed by atoms with Crippen LogP contribution in [0.25, 0.3) is 6.08 Å². The van der Waals surface area contributed by atoms with Gasteiger partial charge in [-0.05, 0) is 49.6 Å². The molecule has 0 saturated carbocycles. The molecule has 0 heterocycles. The van der Waals surface area contributed by atoms with Crippen molar-refractivity contribution < 1.29 is 9.53 Å². The van der Waals surface area contributed by atoms with Crippen molar-refractivity contribution >= 4 is 23.6 Å². The number of hydrogen-bond donors (Lipinski definition) is 1. The monoisotopic (exact) mass is 368 g/mol. The number of halogens is 1. The molecule has 134 valence electrons. The van der Waals surface area contributed by atoms with Crippen molar-refractivity contribution in [2.75, 3.05) is 13.2 Å². The second kappa shape index (κ2) is 10.3. The Balaban J connectivity index is 1.99. The van der Waals surface area contributed by atoms with Gasteiger partial charge in [-0.1, -0.05) is 41.9 Å². The molecule has 0 bridgehead atoms. The van der Waals surface area contributed by atoms with Crippen molar-refractivity contribution in [1.82, 2.24) is 5.32 Å². The molecule has 2 rings (SSSR count). The minimum atomic E-state index is -0.400. The normalized spacial score (nSPS) is 10.9. The molecule has 0 saturated heterocycles. The number of aryl methyl sites for hydroxylation is 1. The summed E-state index contributed by atoms with van der Waals surface area (Å²) in [7, 11) is 0. The smallest absolute Gasteiger partial charge is 0.261 e. The molecule has 2 aromatic rings. The fourth-order valence-corrected chi connectivity index (χ4v) is 2.64. The average molecular weight is 369 g/mol. The molecule has 2 aromatic carbocycles. The highest BCUT2D eigenvalue weighted by atomic mass is 35.5. The van der Waals surface area contributed by atoms with Gasteiger partial charge < -0.3 is 10.1 Å². The van der Waals surface area contributed by atoms with Crippen LogP contribution in [0, 0.1) is 11.3 Å². The van der Waals surface area contributed by atoms with E-state index in [1.807, 2.05) is 31.2 Å². The fourth-order valence-electron chi connectivity index (χ4n) is 2.46. The van der Waals surface area contributed by atoms with E-state index in [1.54, 1.807) is 18.2 Å². The lowest BCUT2D eigenvalue weighted by Gasteiger charge is -2.09. The number of amides is 1. The van der Waals surface area contributed by atoms with Gasteiger partial charge in [-0.25, -0.2) is 0 Å². The van der Waals surface area contributed by atoms with Crippen LogP contribution in [-0.2, 0) is 11.2 Å². The van der Waals surface area contributed by atoms with Gasteiger partial charge in [0.2, 0.25) is 0 Å². The molecule has 26 heavy (non-hydrogen) atoms. The highest BCUT2D eigenvalue weighted by Gasteiger charge is 2.11. The molecular formula is C21H21ClN2O2. The summed E-state index contributed by atoms with van der Waals surface area (Å²) in [4.78, 5) is 12.3. The van der Waals surface area contributed by atoms with Crippen LogP contribution in [0.5, 0.6) is 5.75 Å². The topological polar surface area (TPSA) is 62.1 Å². The van der Waals surface area contributed by atoms with Gasteiger partial charge >= 0.3 is 0 Å². The van der Waals surface area contributed by atoms with E-state index in [1.165, 1.54) is 11.6 Å². The first kappa shape index (κ1) is 19.6.